The summed E-state index contributed by atoms with van der Waals surface area (Å²) < 4.78 is 0. The summed E-state index contributed by atoms with van der Waals surface area (Å²) in [4.78, 5) is 30.0. The third kappa shape index (κ3) is 4.45. The van der Waals surface area contributed by atoms with E-state index in [1.165, 1.54) is 0 Å². The molecular weight excluding hydrogens is 320 g/mol. The first-order chi connectivity index (χ1) is 12.2. The summed E-state index contributed by atoms with van der Waals surface area (Å²) in [6.45, 7) is 9.49. The molecule has 0 radical (unpaired) electrons. The molecule has 8 heteroatoms. The number of aliphatic hydroxyl groups is 1. The van der Waals surface area contributed by atoms with E-state index in [-0.39, 0.29) is 18.6 Å². The van der Waals surface area contributed by atoms with Crippen molar-refractivity contribution >= 4 is 11.9 Å². The largest absolute Gasteiger partial charge is 0.395 e. The molecule has 1 aromatic heterocycles. The van der Waals surface area contributed by atoms with E-state index in [1.54, 1.807) is 12.4 Å². The Balaban J connectivity index is 1.47. The maximum absolute atomic E-state index is 12.8. The summed E-state index contributed by atoms with van der Waals surface area (Å²) in [5.74, 6) is 0.951. The molecular formula is C17H28N6O2. The summed E-state index contributed by atoms with van der Waals surface area (Å²) >= 11 is 0. The van der Waals surface area contributed by atoms with E-state index in [1.807, 2.05) is 17.9 Å². The second kappa shape index (κ2) is 8.55. The van der Waals surface area contributed by atoms with Crippen LogP contribution in [0.2, 0.25) is 0 Å². The SMILES string of the molecule is CC(C(=O)N1CCN(c2ncccn2)CC1)N1CCN(CCO)CC1. The number of carbonyl (C=O) groups excluding carboxylic acids is 1. The van der Waals surface area contributed by atoms with Gasteiger partial charge in [-0.3, -0.25) is 14.6 Å². The normalized spacial score (nSPS) is 21.4. The number of hydrogen-bond acceptors (Lipinski definition) is 7. The first-order valence-electron chi connectivity index (χ1n) is 9.07. The summed E-state index contributed by atoms with van der Waals surface area (Å²) in [5, 5.41) is 9.03. The molecule has 1 unspecified atom stereocenters. The smallest absolute Gasteiger partial charge is 0.239 e. The zero-order chi connectivity index (χ0) is 17.6. The minimum Gasteiger partial charge on any atom is -0.395 e. The fourth-order valence-corrected chi connectivity index (χ4v) is 3.52. The van der Waals surface area contributed by atoms with E-state index in [9.17, 15) is 4.79 Å². The average Bonchev–Trinajstić information content (AvgIpc) is 2.68. The van der Waals surface area contributed by atoms with E-state index < -0.39 is 0 Å². The van der Waals surface area contributed by atoms with Gasteiger partial charge in [0.1, 0.15) is 0 Å². The molecule has 0 bridgehead atoms. The van der Waals surface area contributed by atoms with Crippen LogP contribution in [0.5, 0.6) is 0 Å². The monoisotopic (exact) mass is 348 g/mol. The summed E-state index contributed by atoms with van der Waals surface area (Å²) in [5.41, 5.74) is 0. The highest BCUT2D eigenvalue weighted by Crippen LogP contribution is 2.13. The molecule has 1 N–H and O–H groups in total. The van der Waals surface area contributed by atoms with Crippen LogP contribution < -0.4 is 4.90 Å². The molecule has 2 aliphatic heterocycles. The number of aromatic nitrogens is 2. The second-order valence-corrected chi connectivity index (χ2v) is 6.64. The van der Waals surface area contributed by atoms with Gasteiger partial charge in [-0.15, -0.1) is 0 Å². The number of amides is 1. The lowest BCUT2D eigenvalue weighted by molar-refractivity contribution is -0.137. The van der Waals surface area contributed by atoms with E-state index in [0.29, 0.717) is 13.1 Å². The molecule has 2 fully saturated rings. The minimum absolute atomic E-state index is 0.0872. The van der Waals surface area contributed by atoms with Gasteiger partial charge in [-0.2, -0.15) is 0 Å². The van der Waals surface area contributed by atoms with Crippen molar-refractivity contribution in [2.24, 2.45) is 0 Å². The van der Waals surface area contributed by atoms with Gasteiger partial charge in [0.15, 0.2) is 0 Å². The molecule has 138 valence electrons. The van der Waals surface area contributed by atoms with Crippen LogP contribution in [0.25, 0.3) is 0 Å². The fraction of sp³-hybridized carbons (Fsp3) is 0.706. The molecule has 3 rings (SSSR count). The lowest BCUT2D eigenvalue weighted by atomic mass is 10.2. The second-order valence-electron chi connectivity index (χ2n) is 6.64. The van der Waals surface area contributed by atoms with Crippen LogP contribution in [0.3, 0.4) is 0 Å². The van der Waals surface area contributed by atoms with E-state index in [0.717, 1.165) is 51.8 Å². The van der Waals surface area contributed by atoms with Crippen LogP contribution in [-0.4, -0.2) is 107 Å². The molecule has 1 atom stereocenters. The Labute approximate surface area is 149 Å². The van der Waals surface area contributed by atoms with Gasteiger partial charge in [-0.1, -0.05) is 0 Å². The van der Waals surface area contributed by atoms with Gasteiger partial charge in [0, 0.05) is 71.3 Å². The number of anilines is 1. The number of hydrogen-bond donors (Lipinski definition) is 1. The van der Waals surface area contributed by atoms with E-state index in [4.69, 9.17) is 5.11 Å². The highest BCUT2D eigenvalue weighted by molar-refractivity contribution is 5.81. The Morgan fingerprint density at radius 3 is 2.32 bits per heavy atom. The molecule has 2 saturated heterocycles. The Morgan fingerprint density at radius 1 is 1.08 bits per heavy atom. The molecule has 2 aliphatic rings. The summed E-state index contributed by atoms with van der Waals surface area (Å²) in [6.07, 6.45) is 3.50. The van der Waals surface area contributed by atoms with Crippen molar-refractivity contribution in [1.82, 2.24) is 24.7 Å². The lowest BCUT2D eigenvalue weighted by Gasteiger charge is -2.40. The molecule has 1 amide bonds. The van der Waals surface area contributed by atoms with Crippen LogP contribution >= 0.6 is 0 Å². The van der Waals surface area contributed by atoms with Gasteiger partial charge in [0.2, 0.25) is 11.9 Å². The number of rotatable bonds is 5. The first-order valence-corrected chi connectivity index (χ1v) is 9.07. The fourth-order valence-electron chi connectivity index (χ4n) is 3.52. The molecule has 0 aromatic carbocycles. The molecule has 25 heavy (non-hydrogen) atoms. The molecule has 0 spiro atoms. The average molecular weight is 348 g/mol. The topological polar surface area (TPSA) is 76.0 Å². The Morgan fingerprint density at radius 2 is 1.72 bits per heavy atom. The Hall–Kier alpha value is -1.77. The zero-order valence-corrected chi connectivity index (χ0v) is 14.9. The van der Waals surface area contributed by atoms with Crippen LogP contribution in [-0.2, 0) is 4.79 Å². The maximum Gasteiger partial charge on any atom is 0.239 e. The van der Waals surface area contributed by atoms with Gasteiger partial charge in [0.25, 0.3) is 0 Å². The van der Waals surface area contributed by atoms with Gasteiger partial charge in [0.05, 0.1) is 12.6 Å². The first kappa shape index (κ1) is 18.0. The predicted molar refractivity (Wildman–Crippen MR) is 95.4 cm³/mol. The van der Waals surface area contributed by atoms with Crippen molar-refractivity contribution in [2.75, 3.05) is 70.4 Å². The Bertz CT molecular complexity index is 541. The van der Waals surface area contributed by atoms with Crippen molar-refractivity contribution in [1.29, 1.82) is 0 Å². The zero-order valence-electron chi connectivity index (χ0n) is 14.9. The van der Waals surface area contributed by atoms with E-state index >= 15 is 0 Å². The third-order valence-corrected chi connectivity index (χ3v) is 5.15. The molecule has 3 heterocycles. The number of nitrogens with zero attached hydrogens (tertiary/aromatic N) is 6. The van der Waals surface area contributed by atoms with Crippen LogP contribution in [0.1, 0.15) is 6.92 Å². The standard InChI is InChI=1S/C17H28N6O2/c1-15(21-7-5-20(6-8-21)13-14-24)16(25)22-9-11-23(12-10-22)17-18-3-2-4-19-17/h2-4,15,24H,5-14H2,1H3. The number of aliphatic hydroxyl groups excluding tert-OH is 1. The van der Waals surface area contributed by atoms with E-state index in [2.05, 4.69) is 24.7 Å². The van der Waals surface area contributed by atoms with Crippen molar-refractivity contribution in [2.45, 2.75) is 13.0 Å². The summed E-state index contributed by atoms with van der Waals surface area (Å²) in [6, 6.07) is 1.72. The van der Waals surface area contributed by atoms with Gasteiger partial charge < -0.3 is 14.9 Å². The number of piperazine rings is 2. The van der Waals surface area contributed by atoms with Crippen molar-refractivity contribution in [3.05, 3.63) is 18.5 Å². The highest BCUT2D eigenvalue weighted by Gasteiger charge is 2.30. The molecule has 0 saturated carbocycles. The van der Waals surface area contributed by atoms with Gasteiger partial charge >= 0.3 is 0 Å². The van der Waals surface area contributed by atoms with Crippen molar-refractivity contribution in [3.63, 3.8) is 0 Å². The maximum atomic E-state index is 12.8. The third-order valence-electron chi connectivity index (χ3n) is 5.15. The van der Waals surface area contributed by atoms with Crippen molar-refractivity contribution in [3.8, 4) is 0 Å². The number of β-amino-alcohol motifs (C(OH)–C–C–N with tert-alkyl or cyclic N) is 1. The van der Waals surface area contributed by atoms with Crippen molar-refractivity contribution < 1.29 is 9.90 Å². The quantitative estimate of drug-likeness (QED) is 0.741. The van der Waals surface area contributed by atoms with Crippen LogP contribution in [0.15, 0.2) is 18.5 Å². The molecule has 0 aliphatic carbocycles. The summed E-state index contributed by atoms with van der Waals surface area (Å²) in [7, 11) is 0. The van der Waals surface area contributed by atoms with Gasteiger partial charge in [-0.25, -0.2) is 9.97 Å². The lowest BCUT2D eigenvalue weighted by Crippen LogP contribution is -2.57. The number of carbonyl (C=O) groups is 1. The van der Waals surface area contributed by atoms with Gasteiger partial charge in [-0.05, 0) is 13.0 Å². The van der Waals surface area contributed by atoms with Crippen LogP contribution in [0.4, 0.5) is 5.95 Å². The molecule has 8 nitrogen and oxygen atoms in total. The minimum atomic E-state index is -0.0872. The Kier molecular flexibility index (Phi) is 6.17. The molecule has 1 aromatic rings. The highest BCUT2D eigenvalue weighted by atomic mass is 16.3. The predicted octanol–water partition coefficient (Wildman–Crippen LogP) is -0.876. The van der Waals surface area contributed by atoms with Crippen LogP contribution in [0, 0.1) is 0 Å².